The van der Waals surface area contributed by atoms with E-state index in [1.54, 1.807) is 20.8 Å². The van der Waals surface area contributed by atoms with Crippen LogP contribution in [0, 0.1) is 6.92 Å². The number of thioether (sulfide) groups is 1. The van der Waals surface area contributed by atoms with Gasteiger partial charge in [0.05, 0.1) is 35.1 Å². The fraction of sp³-hybridized carbons (Fsp3) is 0.273. The molecule has 2 heterocycles. The van der Waals surface area contributed by atoms with Crippen molar-refractivity contribution in [3.05, 3.63) is 52.4 Å². The molecule has 1 aromatic carbocycles. The number of amides is 1. The van der Waals surface area contributed by atoms with Gasteiger partial charge in [0.25, 0.3) is 0 Å². The Morgan fingerprint density at radius 3 is 2.48 bits per heavy atom. The van der Waals surface area contributed by atoms with E-state index in [9.17, 15) is 14.4 Å². The van der Waals surface area contributed by atoms with Crippen molar-refractivity contribution in [2.24, 2.45) is 0 Å². The molecule has 31 heavy (non-hydrogen) atoms. The summed E-state index contributed by atoms with van der Waals surface area (Å²) in [7, 11) is 0. The fourth-order valence-corrected chi connectivity index (χ4v) is 4.66. The summed E-state index contributed by atoms with van der Waals surface area (Å²) in [6.07, 6.45) is 0. The van der Waals surface area contributed by atoms with Crippen LogP contribution in [0.5, 0.6) is 0 Å². The summed E-state index contributed by atoms with van der Waals surface area (Å²) in [4.78, 5) is 42.0. The number of hydrogen-bond donors (Lipinski definition) is 1. The highest BCUT2D eigenvalue weighted by molar-refractivity contribution is 7.99. The average Bonchev–Trinajstić information content (AvgIpc) is 3.08. The van der Waals surface area contributed by atoms with Crippen LogP contribution in [-0.2, 0) is 14.3 Å². The molecule has 1 amide bonds. The number of para-hydroxylation sites is 1. The number of hydrogen-bond acceptors (Lipinski definition) is 8. The quantitative estimate of drug-likeness (QED) is 0.386. The van der Waals surface area contributed by atoms with Crippen LogP contribution >= 0.6 is 23.1 Å². The number of pyridine rings is 1. The van der Waals surface area contributed by atoms with E-state index in [4.69, 9.17) is 9.47 Å². The molecule has 9 heteroatoms. The second kappa shape index (κ2) is 10.4. The smallest absolute Gasteiger partial charge is 0.348 e. The molecule has 3 rings (SSSR count). The Bertz CT molecular complexity index is 1130. The highest BCUT2D eigenvalue weighted by atomic mass is 32.2. The third-order valence-electron chi connectivity index (χ3n) is 4.26. The van der Waals surface area contributed by atoms with Crippen LogP contribution in [0.4, 0.5) is 5.00 Å². The van der Waals surface area contributed by atoms with Crippen LogP contribution < -0.4 is 5.32 Å². The molecule has 0 aliphatic heterocycles. The summed E-state index contributed by atoms with van der Waals surface area (Å²) in [6.45, 7) is 5.42. The van der Waals surface area contributed by atoms with Crippen molar-refractivity contribution in [2.75, 3.05) is 24.3 Å². The number of carbonyl (C=O) groups is 3. The molecule has 0 spiro atoms. The van der Waals surface area contributed by atoms with E-state index >= 15 is 0 Å². The van der Waals surface area contributed by atoms with Gasteiger partial charge in [0.1, 0.15) is 9.88 Å². The van der Waals surface area contributed by atoms with Gasteiger partial charge in [-0.3, -0.25) is 4.79 Å². The zero-order valence-electron chi connectivity index (χ0n) is 17.4. The molecule has 3 aromatic rings. The van der Waals surface area contributed by atoms with Gasteiger partial charge in [0, 0.05) is 5.39 Å². The Morgan fingerprint density at radius 2 is 1.74 bits per heavy atom. The van der Waals surface area contributed by atoms with Crippen LogP contribution in [-0.4, -0.2) is 41.8 Å². The summed E-state index contributed by atoms with van der Waals surface area (Å²) in [5.41, 5.74) is 1.46. The lowest BCUT2D eigenvalue weighted by atomic mass is 10.1. The number of carbonyl (C=O) groups excluding carboxylic acids is 3. The number of ether oxygens (including phenoxy) is 2. The molecule has 0 saturated heterocycles. The predicted molar refractivity (Wildman–Crippen MR) is 122 cm³/mol. The molecular weight excluding hydrogens is 436 g/mol. The Kier molecular flexibility index (Phi) is 7.64. The summed E-state index contributed by atoms with van der Waals surface area (Å²) in [6, 6.07) is 11.6. The first-order chi connectivity index (χ1) is 14.9. The van der Waals surface area contributed by atoms with E-state index in [2.05, 4.69) is 10.3 Å². The maximum absolute atomic E-state index is 12.6. The molecule has 2 aromatic heterocycles. The predicted octanol–water partition coefficient (Wildman–Crippen LogP) is 4.69. The SMILES string of the molecule is CCOC(=O)c1sc(NC(=O)CSc2ccc3ccccc3n2)c(C(=O)OCC)c1C. The van der Waals surface area contributed by atoms with Crippen LogP contribution in [0.1, 0.15) is 39.4 Å². The zero-order valence-corrected chi connectivity index (χ0v) is 19.0. The third kappa shape index (κ3) is 5.42. The first-order valence-corrected chi connectivity index (χ1v) is 11.5. The molecule has 7 nitrogen and oxygen atoms in total. The van der Waals surface area contributed by atoms with Crippen LogP contribution in [0.25, 0.3) is 10.9 Å². The van der Waals surface area contributed by atoms with Gasteiger partial charge in [0.2, 0.25) is 5.91 Å². The van der Waals surface area contributed by atoms with Crippen LogP contribution in [0.2, 0.25) is 0 Å². The van der Waals surface area contributed by atoms with Gasteiger partial charge in [-0.25, -0.2) is 14.6 Å². The van der Waals surface area contributed by atoms with E-state index < -0.39 is 11.9 Å². The second-order valence-electron chi connectivity index (χ2n) is 6.38. The number of aromatic nitrogens is 1. The lowest BCUT2D eigenvalue weighted by Gasteiger charge is -2.07. The summed E-state index contributed by atoms with van der Waals surface area (Å²) < 4.78 is 10.2. The van der Waals surface area contributed by atoms with Crippen molar-refractivity contribution in [1.82, 2.24) is 4.98 Å². The topological polar surface area (TPSA) is 94.6 Å². The van der Waals surface area contributed by atoms with Gasteiger partial charge in [0.15, 0.2) is 0 Å². The monoisotopic (exact) mass is 458 g/mol. The number of nitrogens with zero attached hydrogens (tertiary/aromatic N) is 1. The molecule has 1 N–H and O–H groups in total. The minimum atomic E-state index is -0.592. The molecule has 0 radical (unpaired) electrons. The minimum absolute atomic E-state index is 0.0965. The summed E-state index contributed by atoms with van der Waals surface area (Å²) in [5.74, 6) is -1.35. The maximum Gasteiger partial charge on any atom is 0.348 e. The van der Waals surface area contributed by atoms with E-state index in [0.717, 1.165) is 22.2 Å². The normalized spacial score (nSPS) is 10.7. The molecule has 0 aliphatic rings. The van der Waals surface area contributed by atoms with E-state index in [1.165, 1.54) is 11.8 Å². The molecule has 162 valence electrons. The van der Waals surface area contributed by atoms with Crippen molar-refractivity contribution >= 4 is 56.8 Å². The molecule has 0 saturated carbocycles. The molecular formula is C22H22N2O5S2. The number of rotatable bonds is 8. The molecule has 0 fully saturated rings. The standard InChI is InChI=1S/C22H22N2O5S2/c1-4-28-21(26)18-13(3)19(22(27)29-5-2)31-20(18)24-16(25)12-30-17-11-10-14-8-6-7-9-15(14)23-17/h6-11H,4-5,12H2,1-3H3,(H,24,25). The van der Waals surface area contributed by atoms with E-state index in [1.807, 2.05) is 36.4 Å². The number of nitrogens with one attached hydrogen (secondary N) is 1. The van der Waals surface area contributed by atoms with Gasteiger partial charge in [-0.15, -0.1) is 11.3 Å². The number of benzene rings is 1. The Morgan fingerprint density at radius 1 is 1.03 bits per heavy atom. The van der Waals surface area contributed by atoms with Crippen LogP contribution in [0.15, 0.2) is 41.4 Å². The van der Waals surface area contributed by atoms with Gasteiger partial charge < -0.3 is 14.8 Å². The number of fused-ring (bicyclic) bond motifs is 1. The van der Waals surface area contributed by atoms with Gasteiger partial charge >= 0.3 is 11.9 Å². The van der Waals surface area contributed by atoms with Crippen molar-refractivity contribution in [3.8, 4) is 0 Å². The van der Waals surface area contributed by atoms with Crippen molar-refractivity contribution in [3.63, 3.8) is 0 Å². The molecule has 0 bridgehead atoms. The van der Waals surface area contributed by atoms with Crippen LogP contribution in [0.3, 0.4) is 0 Å². The fourth-order valence-electron chi connectivity index (χ4n) is 2.87. The Hall–Kier alpha value is -2.91. The largest absolute Gasteiger partial charge is 0.462 e. The molecule has 0 atom stereocenters. The second-order valence-corrected chi connectivity index (χ2v) is 8.40. The van der Waals surface area contributed by atoms with Gasteiger partial charge in [-0.2, -0.15) is 0 Å². The van der Waals surface area contributed by atoms with Crippen molar-refractivity contribution < 1.29 is 23.9 Å². The van der Waals surface area contributed by atoms with Gasteiger partial charge in [-0.05, 0) is 38.5 Å². The lowest BCUT2D eigenvalue weighted by molar-refractivity contribution is -0.113. The van der Waals surface area contributed by atoms with Crippen molar-refractivity contribution in [1.29, 1.82) is 0 Å². The third-order valence-corrected chi connectivity index (χ3v) is 6.38. The molecule has 0 unspecified atom stereocenters. The number of anilines is 1. The Labute approximate surface area is 188 Å². The highest BCUT2D eigenvalue weighted by Gasteiger charge is 2.27. The first kappa shape index (κ1) is 22.8. The van der Waals surface area contributed by atoms with Gasteiger partial charge in [-0.1, -0.05) is 36.0 Å². The Balaban J connectivity index is 1.76. The van der Waals surface area contributed by atoms with E-state index in [0.29, 0.717) is 10.6 Å². The van der Waals surface area contributed by atoms with E-state index in [-0.39, 0.29) is 40.3 Å². The maximum atomic E-state index is 12.6. The minimum Gasteiger partial charge on any atom is -0.462 e. The summed E-state index contributed by atoms with van der Waals surface area (Å²) in [5, 5.41) is 4.75. The number of esters is 2. The molecule has 0 aliphatic carbocycles. The van der Waals surface area contributed by atoms with Crippen molar-refractivity contribution in [2.45, 2.75) is 25.8 Å². The first-order valence-electron chi connectivity index (χ1n) is 9.70. The zero-order chi connectivity index (χ0) is 22.4. The highest BCUT2D eigenvalue weighted by Crippen LogP contribution is 2.34. The average molecular weight is 459 g/mol. The number of thiophene rings is 1. The summed E-state index contributed by atoms with van der Waals surface area (Å²) >= 11 is 2.29. The lowest BCUT2D eigenvalue weighted by Crippen LogP contribution is -2.16.